The number of piperidine rings is 1. The third-order valence-corrected chi connectivity index (χ3v) is 5.28. The topological polar surface area (TPSA) is 47.6 Å². The standard InChI is InChI=1S/C19H28F2N4O/c20-18(21)14-24-9-7-16(8-10-24)23-19(26)22-12-15-6-11-25(13-15)17-4-2-1-3-5-17/h1-5,15-16,18H,6-14H2,(H2,22,23,26)/t15-/m0/s1. The van der Waals surface area contributed by atoms with E-state index in [4.69, 9.17) is 0 Å². The van der Waals surface area contributed by atoms with Gasteiger partial charge in [0.2, 0.25) is 0 Å². The molecular formula is C19H28F2N4O. The number of amides is 2. The van der Waals surface area contributed by atoms with E-state index in [2.05, 4.69) is 27.7 Å². The Labute approximate surface area is 153 Å². The first-order valence-electron chi connectivity index (χ1n) is 9.45. The van der Waals surface area contributed by atoms with Crippen molar-refractivity contribution in [2.75, 3.05) is 44.2 Å². The van der Waals surface area contributed by atoms with Crippen LogP contribution in [-0.4, -0.2) is 62.7 Å². The van der Waals surface area contributed by atoms with E-state index in [0.717, 1.165) is 32.4 Å². The monoisotopic (exact) mass is 366 g/mol. The van der Waals surface area contributed by atoms with Gasteiger partial charge in [0.05, 0.1) is 6.54 Å². The van der Waals surface area contributed by atoms with Gasteiger partial charge in [0.25, 0.3) is 6.43 Å². The van der Waals surface area contributed by atoms with E-state index in [1.807, 2.05) is 18.2 Å². The predicted octanol–water partition coefficient (Wildman–Crippen LogP) is 2.54. The van der Waals surface area contributed by atoms with Crippen molar-refractivity contribution in [1.29, 1.82) is 0 Å². The molecule has 1 aromatic rings. The fourth-order valence-corrected chi connectivity index (χ4v) is 3.80. The molecule has 1 atom stereocenters. The molecule has 2 aliphatic heterocycles. The molecule has 26 heavy (non-hydrogen) atoms. The maximum absolute atomic E-state index is 12.4. The number of likely N-dealkylation sites (tertiary alicyclic amines) is 1. The van der Waals surface area contributed by atoms with Crippen LogP contribution in [0, 0.1) is 5.92 Å². The molecule has 144 valence electrons. The second-order valence-electron chi connectivity index (χ2n) is 7.26. The number of nitrogens with one attached hydrogen (secondary N) is 2. The number of benzene rings is 1. The second-order valence-corrected chi connectivity index (χ2v) is 7.26. The molecule has 0 aromatic heterocycles. The lowest BCUT2D eigenvalue weighted by Gasteiger charge is -2.32. The van der Waals surface area contributed by atoms with Gasteiger partial charge in [-0.1, -0.05) is 18.2 Å². The fourth-order valence-electron chi connectivity index (χ4n) is 3.80. The van der Waals surface area contributed by atoms with Crippen LogP contribution in [0.5, 0.6) is 0 Å². The zero-order valence-electron chi connectivity index (χ0n) is 15.0. The molecule has 3 rings (SSSR count). The Morgan fingerprint density at radius 2 is 1.85 bits per heavy atom. The van der Waals surface area contributed by atoms with Gasteiger partial charge in [-0.3, -0.25) is 4.90 Å². The van der Waals surface area contributed by atoms with E-state index < -0.39 is 6.43 Å². The van der Waals surface area contributed by atoms with Crippen LogP contribution in [0.3, 0.4) is 0 Å². The molecular weight excluding hydrogens is 338 g/mol. The van der Waals surface area contributed by atoms with Gasteiger partial charge in [0.15, 0.2) is 0 Å². The van der Waals surface area contributed by atoms with E-state index in [-0.39, 0.29) is 18.6 Å². The zero-order valence-corrected chi connectivity index (χ0v) is 15.0. The normalized spacial score (nSPS) is 22.0. The molecule has 2 fully saturated rings. The molecule has 2 amide bonds. The van der Waals surface area contributed by atoms with Crippen LogP contribution in [0.25, 0.3) is 0 Å². The summed E-state index contributed by atoms with van der Waals surface area (Å²) in [4.78, 5) is 16.2. The highest BCUT2D eigenvalue weighted by Crippen LogP contribution is 2.22. The minimum atomic E-state index is -2.29. The van der Waals surface area contributed by atoms with Crippen molar-refractivity contribution in [3.05, 3.63) is 30.3 Å². The minimum absolute atomic E-state index is 0.0771. The van der Waals surface area contributed by atoms with Crippen LogP contribution in [0.1, 0.15) is 19.3 Å². The molecule has 0 unspecified atom stereocenters. The Kier molecular flexibility index (Phi) is 6.66. The number of nitrogens with zero attached hydrogens (tertiary/aromatic N) is 2. The van der Waals surface area contributed by atoms with E-state index >= 15 is 0 Å². The van der Waals surface area contributed by atoms with Gasteiger partial charge >= 0.3 is 6.03 Å². The second kappa shape index (κ2) is 9.16. The van der Waals surface area contributed by atoms with Crippen LogP contribution < -0.4 is 15.5 Å². The molecule has 0 bridgehead atoms. The molecule has 1 aromatic carbocycles. The average molecular weight is 366 g/mol. The molecule has 5 nitrogen and oxygen atoms in total. The third kappa shape index (κ3) is 5.56. The number of hydrogen-bond acceptors (Lipinski definition) is 3. The first kappa shape index (κ1) is 18.9. The Hall–Kier alpha value is -1.89. The Bertz CT molecular complexity index is 564. The van der Waals surface area contributed by atoms with Crippen LogP contribution in [-0.2, 0) is 0 Å². The lowest BCUT2D eigenvalue weighted by atomic mass is 10.1. The van der Waals surface area contributed by atoms with Crippen molar-refractivity contribution < 1.29 is 13.6 Å². The molecule has 0 aliphatic carbocycles. The van der Waals surface area contributed by atoms with Crippen molar-refractivity contribution in [2.24, 2.45) is 5.92 Å². The SMILES string of the molecule is O=C(NC[C@@H]1CCN(c2ccccc2)C1)NC1CCN(CC(F)F)CC1. The van der Waals surface area contributed by atoms with Crippen molar-refractivity contribution in [1.82, 2.24) is 15.5 Å². The maximum atomic E-state index is 12.4. The highest BCUT2D eigenvalue weighted by atomic mass is 19.3. The van der Waals surface area contributed by atoms with Crippen molar-refractivity contribution >= 4 is 11.7 Å². The van der Waals surface area contributed by atoms with Gasteiger partial charge < -0.3 is 15.5 Å². The molecule has 0 saturated carbocycles. The number of alkyl halides is 2. The summed E-state index contributed by atoms with van der Waals surface area (Å²) in [7, 11) is 0. The highest BCUT2D eigenvalue weighted by Gasteiger charge is 2.25. The van der Waals surface area contributed by atoms with Gasteiger partial charge in [0, 0.05) is 44.5 Å². The first-order chi connectivity index (χ1) is 12.6. The Morgan fingerprint density at radius 3 is 2.54 bits per heavy atom. The smallest absolute Gasteiger partial charge is 0.315 e. The number of urea groups is 1. The minimum Gasteiger partial charge on any atom is -0.371 e. The summed E-state index contributed by atoms with van der Waals surface area (Å²) in [5, 5.41) is 5.96. The van der Waals surface area contributed by atoms with Crippen LogP contribution in [0.4, 0.5) is 19.3 Å². The van der Waals surface area contributed by atoms with Gasteiger partial charge in [0.1, 0.15) is 0 Å². The number of carbonyl (C=O) groups excluding carboxylic acids is 1. The quantitative estimate of drug-likeness (QED) is 0.813. The van der Waals surface area contributed by atoms with Gasteiger partial charge in [-0.15, -0.1) is 0 Å². The largest absolute Gasteiger partial charge is 0.371 e. The van der Waals surface area contributed by atoms with Gasteiger partial charge in [-0.05, 0) is 37.3 Å². The van der Waals surface area contributed by atoms with Crippen molar-refractivity contribution in [2.45, 2.75) is 31.7 Å². The molecule has 2 saturated heterocycles. The summed E-state index contributed by atoms with van der Waals surface area (Å²) < 4.78 is 24.8. The average Bonchev–Trinajstić information content (AvgIpc) is 3.11. The Morgan fingerprint density at radius 1 is 1.12 bits per heavy atom. The molecule has 2 N–H and O–H groups in total. The van der Waals surface area contributed by atoms with E-state index in [0.29, 0.717) is 25.6 Å². The summed E-state index contributed by atoms with van der Waals surface area (Å²) in [6.07, 6.45) is 0.238. The number of anilines is 1. The van der Waals surface area contributed by atoms with Crippen molar-refractivity contribution in [3.63, 3.8) is 0 Å². The van der Waals surface area contributed by atoms with Crippen LogP contribution in [0.2, 0.25) is 0 Å². The molecule has 0 radical (unpaired) electrons. The fraction of sp³-hybridized carbons (Fsp3) is 0.632. The Balaban J connectivity index is 1.33. The zero-order chi connectivity index (χ0) is 18.4. The lowest BCUT2D eigenvalue weighted by molar-refractivity contribution is 0.0737. The van der Waals surface area contributed by atoms with Crippen LogP contribution >= 0.6 is 0 Å². The number of hydrogen-bond donors (Lipinski definition) is 2. The first-order valence-corrected chi connectivity index (χ1v) is 9.45. The molecule has 7 heteroatoms. The summed E-state index contributed by atoms with van der Waals surface area (Å²) in [5.74, 6) is 0.453. The highest BCUT2D eigenvalue weighted by molar-refractivity contribution is 5.74. The number of rotatable bonds is 6. The molecule has 2 aliphatic rings. The molecule has 0 spiro atoms. The summed E-state index contributed by atoms with van der Waals surface area (Å²) in [5.41, 5.74) is 1.23. The molecule has 2 heterocycles. The van der Waals surface area contributed by atoms with E-state index in [1.54, 1.807) is 4.90 Å². The summed E-state index contributed by atoms with van der Waals surface area (Å²) >= 11 is 0. The maximum Gasteiger partial charge on any atom is 0.315 e. The van der Waals surface area contributed by atoms with Gasteiger partial charge in [-0.2, -0.15) is 0 Å². The van der Waals surface area contributed by atoms with Crippen LogP contribution in [0.15, 0.2) is 30.3 Å². The van der Waals surface area contributed by atoms with Crippen molar-refractivity contribution in [3.8, 4) is 0 Å². The number of halogens is 2. The summed E-state index contributed by atoms with van der Waals surface area (Å²) in [6, 6.07) is 10.3. The third-order valence-electron chi connectivity index (χ3n) is 5.28. The number of para-hydroxylation sites is 1. The van der Waals surface area contributed by atoms with E-state index in [9.17, 15) is 13.6 Å². The predicted molar refractivity (Wildman–Crippen MR) is 98.8 cm³/mol. The van der Waals surface area contributed by atoms with E-state index in [1.165, 1.54) is 5.69 Å². The number of carbonyl (C=O) groups is 1. The lowest BCUT2D eigenvalue weighted by Crippen LogP contribution is -2.49. The summed E-state index contributed by atoms with van der Waals surface area (Å²) in [6.45, 7) is 3.70. The van der Waals surface area contributed by atoms with Gasteiger partial charge in [-0.25, -0.2) is 13.6 Å².